The monoisotopic (exact) mass is 299 g/mol. The molecule has 0 heterocycles. The minimum absolute atomic E-state index is 0.130. The first kappa shape index (κ1) is 15.2. The number of hydrogen-bond donors (Lipinski definition) is 2. The Morgan fingerprint density at radius 3 is 2.79 bits per heavy atom. The van der Waals surface area contributed by atoms with E-state index in [9.17, 15) is 5.11 Å². The standard InChI is InChI=1S/C15H22ClNOS/c1-15(11-18,17-13-6-7-13)8-9-19-10-12-4-2-3-5-14(12)16/h2-5,13,17-18H,6-11H2,1H3. The molecule has 0 spiro atoms. The summed E-state index contributed by atoms with van der Waals surface area (Å²) in [5.41, 5.74) is 1.06. The molecule has 2 N–H and O–H groups in total. The lowest BCUT2D eigenvalue weighted by atomic mass is 10.0. The molecule has 4 heteroatoms. The number of nitrogens with one attached hydrogen (secondary N) is 1. The van der Waals surface area contributed by atoms with Crippen molar-refractivity contribution in [2.45, 2.75) is 43.5 Å². The molecule has 1 unspecified atom stereocenters. The minimum Gasteiger partial charge on any atom is -0.394 e. The van der Waals surface area contributed by atoms with E-state index < -0.39 is 0 Å². The Kier molecular flexibility index (Phi) is 5.58. The van der Waals surface area contributed by atoms with Crippen molar-refractivity contribution in [3.63, 3.8) is 0 Å². The highest BCUT2D eigenvalue weighted by molar-refractivity contribution is 7.98. The van der Waals surface area contributed by atoms with Crippen LogP contribution < -0.4 is 5.32 Å². The van der Waals surface area contributed by atoms with Crippen LogP contribution in [0.1, 0.15) is 31.7 Å². The van der Waals surface area contributed by atoms with Gasteiger partial charge in [-0.25, -0.2) is 0 Å². The third kappa shape index (κ3) is 4.99. The van der Waals surface area contributed by atoms with Gasteiger partial charge in [0.05, 0.1) is 6.61 Å². The van der Waals surface area contributed by atoms with E-state index in [1.807, 2.05) is 30.0 Å². The predicted octanol–water partition coefficient (Wildman–Crippen LogP) is 3.47. The maximum absolute atomic E-state index is 9.53. The summed E-state index contributed by atoms with van der Waals surface area (Å²) >= 11 is 8.01. The summed E-state index contributed by atoms with van der Waals surface area (Å²) in [7, 11) is 0. The van der Waals surface area contributed by atoms with Crippen LogP contribution in [0.4, 0.5) is 0 Å². The SMILES string of the molecule is CC(CO)(CCSCc1ccccc1Cl)NC1CC1. The van der Waals surface area contributed by atoms with Crippen molar-refractivity contribution in [3.05, 3.63) is 34.9 Å². The van der Waals surface area contributed by atoms with Gasteiger partial charge in [-0.05, 0) is 43.6 Å². The maximum Gasteiger partial charge on any atom is 0.0610 e. The molecule has 0 radical (unpaired) electrons. The molecule has 1 aliphatic carbocycles. The number of aliphatic hydroxyl groups is 1. The zero-order valence-corrected chi connectivity index (χ0v) is 12.9. The molecule has 2 nitrogen and oxygen atoms in total. The average Bonchev–Trinajstić information content (AvgIpc) is 3.20. The van der Waals surface area contributed by atoms with E-state index in [1.165, 1.54) is 18.4 Å². The Labute approximate surface area is 124 Å². The lowest BCUT2D eigenvalue weighted by molar-refractivity contribution is 0.169. The highest BCUT2D eigenvalue weighted by atomic mass is 35.5. The lowest BCUT2D eigenvalue weighted by Gasteiger charge is -2.29. The fraction of sp³-hybridized carbons (Fsp3) is 0.600. The summed E-state index contributed by atoms with van der Waals surface area (Å²) in [6, 6.07) is 8.62. The first-order valence-corrected chi connectivity index (χ1v) is 8.36. The summed E-state index contributed by atoms with van der Waals surface area (Å²) < 4.78 is 0. The summed E-state index contributed by atoms with van der Waals surface area (Å²) in [6.07, 6.45) is 3.49. The van der Waals surface area contributed by atoms with Crippen LogP contribution in [-0.2, 0) is 5.75 Å². The average molecular weight is 300 g/mol. The van der Waals surface area contributed by atoms with Crippen LogP contribution in [0.25, 0.3) is 0 Å². The van der Waals surface area contributed by atoms with E-state index in [4.69, 9.17) is 11.6 Å². The highest BCUT2D eigenvalue weighted by Crippen LogP contribution is 2.26. The number of rotatable bonds is 8. The first-order valence-electron chi connectivity index (χ1n) is 6.83. The zero-order chi connectivity index (χ0) is 13.7. The van der Waals surface area contributed by atoms with Crippen LogP contribution in [0, 0.1) is 0 Å². The lowest BCUT2D eigenvalue weighted by Crippen LogP contribution is -2.47. The number of hydrogen-bond acceptors (Lipinski definition) is 3. The topological polar surface area (TPSA) is 32.3 Å². The van der Waals surface area contributed by atoms with Crippen LogP contribution in [-0.4, -0.2) is 29.0 Å². The van der Waals surface area contributed by atoms with E-state index in [0.717, 1.165) is 22.9 Å². The van der Waals surface area contributed by atoms with Crippen LogP contribution in [0.2, 0.25) is 5.02 Å². The second kappa shape index (κ2) is 6.98. The third-order valence-electron chi connectivity index (χ3n) is 3.49. The van der Waals surface area contributed by atoms with Crippen molar-refractivity contribution in [2.75, 3.05) is 12.4 Å². The van der Waals surface area contributed by atoms with Gasteiger partial charge in [0.2, 0.25) is 0 Å². The molecule has 0 saturated heterocycles. The predicted molar refractivity (Wildman–Crippen MR) is 83.9 cm³/mol. The molecule has 0 aromatic heterocycles. The summed E-state index contributed by atoms with van der Waals surface area (Å²) in [5, 5.41) is 13.9. The van der Waals surface area contributed by atoms with Crippen molar-refractivity contribution < 1.29 is 5.11 Å². The number of benzene rings is 1. The largest absolute Gasteiger partial charge is 0.394 e. The first-order chi connectivity index (χ1) is 9.13. The molecule has 1 aliphatic rings. The second-order valence-electron chi connectivity index (χ2n) is 5.53. The van der Waals surface area contributed by atoms with Gasteiger partial charge in [0.15, 0.2) is 0 Å². The summed E-state index contributed by atoms with van der Waals surface area (Å²) in [5.74, 6) is 1.96. The van der Waals surface area contributed by atoms with Gasteiger partial charge in [-0.3, -0.25) is 0 Å². The molecule has 1 saturated carbocycles. The Morgan fingerprint density at radius 2 is 2.16 bits per heavy atom. The third-order valence-corrected chi connectivity index (χ3v) is 4.87. The molecule has 1 atom stereocenters. The zero-order valence-electron chi connectivity index (χ0n) is 11.4. The van der Waals surface area contributed by atoms with Gasteiger partial charge in [-0.15, -0.1) is 0 Å². The van der Waals surface area contributed by atoms with Gasteiger partial charge in [-0.2, -0.15) is 11.8 Å². The summed E-state index contributed by atoms with van der Waals surface area (Å²) in [4.78, 5) is 0. The highest BCUT2D eigenvalue weighted by Gasteiger charge is 2.31. The molecular weight excluding hydrogens is 278 g/mol. The van der Waals surface area contributed by atoms with Gasteiger partial charge >= 0.3 is 0 Å². The van der Waals surface area contributed by atoms with Gasteiger partial charge in [0.25, 0.3) is 0 Å². The van der Waals surface area contributed by atoms with Crippen LogP contribution in [0.3, 0.4) is 0 Å². The fourth-order valence-electron chi connectivity index (χ4n) is 2.01. The van der Waals surface area contributed by atoms with E-state index in [1.54, 1.807) is 0 Å². The smallest absolute Gasteiger partial charge is 0.0610 e. The number of thioether (sulfide) groups is 1. The van der Waals surface area contributed by atoms with Crippen molar-refractivity contribution in [1.82, 2.24) is 5.32 Å². The van der Waals surface area contributed by atoms with Crippen molar-refractivity contribution in [1.29, 1.82) is 0 Å². The molecule has 1 aromatic carbocycles. The molecule has 1 aromatic rings. The quantitative estimate of drug-likeness (QED) is 0.721. The van der Waals surface area contributed by atoms with Crippen LogP contribution >= 0.6 is 23.4 Å². The van der Waals surface area contributed by atoms with Gasteiger partial charge in [0.1, 0.15) is 0 Å². The van der Waals surface area contributed by atoms with Crippen LogP contribution in [0.5, 0.6) is 0 Å². The molecule has 0 aliphatic heterocycles. The Hall–Kier alpha value is -0.220. The van der Waals surface area contributed by atoms with Gasteiger partial charge in [0, 0.05) is 22.4 Å². The van der Waals surface area contributed by atoms with Crippen molar-refractivity contribution >= 4 is 23.4 Å². The maximum atomic E-state index is 9.53. The van der Waals surface area contributed by atoms with E-state index in [-0.39, 0.29) is 12.1 Å². The molecule has 0 bridgehead atoms. The molecule has 0 amide bonds. The molecule has 1 fully saturated rings. The second-order valence-corrected chi connectivity index (χ2v) is 7.04. The molecule has 2 rings (SSSR count). The minimum atomic E-state index is -0.130. The Balaban J connectivity index is 1.72. The van der Waals surface area contributed by atoms with Crippen LogP contribution in [0.15, 0.2) is 24.3 Å². The Morgan fingerprint density at radius 1 is 1.42 bits per heavy atom. The van der Waals surface area contributed by atoms with E-state index in [2.05, 4.69) is 18.3 Å². The van der Waals surface area contributed by atoms with Gasteiger partial charge in [-0.1, -0.05) is 29.8 Å². The fourth-order valence-corrected chi connectivity index (χ4v) is 3.50. The molecule has 106 valence electrons. The normalized spacial score (nSPS) is 18.3. The van der Waals surface area contributed by atoms with Gasteiger partial charge < -0.3 is 10.4 Å². The summed E-state index contributed by atoms with van der Waals surface area (Å²) in [6.45, 7) is 2.32. The van der Waals surface area contributed by atoms with E-state index >= 15 is 0 Å². The Bertz CT molecular complexity index is 411. The van der Waals surface area contributed by atoms with Crippen molar-refractivity contribution in [2.24, 2.45) is 0 Å². The number of aliphatic hydroxyl groups excluding tert-OH is 1. The van der Waals surface area contributed by atoms with E-state index in [0.29, 0.717) is 6.04 Å². The molecular formula is C15H22ClNOS. The number of halogens is 1. The van der Waals surface area contributed by atoms with Crippen molar-refractivity contribution in [3.8, 4) is 0 Å². The molecule has 19 heavy (non-hydrogen) atoms.